The molecule has 0 heterocycles. The molecule has 0 aromatic heterocycles. The largest absolute Gasteiger partial charge is 0.382 e. The van der Waals surface area contributed by atoms with E-state index < -0.39 is 30.2 Å². The molecule has 0 spiro atoms. The monoisotopic (exact) mass is 226 g/mol. The molecule has 8 heteroatoms. The molecule has 0 aliphatic carbocycles. The van der Waals surface area contributed by atoms with Crippen molar-refractivity contribution in [3.05, 3.63) is 0 Å². The molecule has 1 unspecified atom stereocenters. The zero-order valence-electron chi connectivity index (χ0n) is 6.71. The van der Waals surface area contributed by atoms with Crippen LogP contribution >= 0.6 is 0 Å². The number of hydrogen-bond acceptors (Lipinski definition) is 1. The smallest absolute Gasteiger partial charge is 0.296 e. The molecule has 0 fully saturated rings. The summed E-state index contributed by atoms with van der Waals surface area (Å²) in [6.07, 6.45) is -5.13. The Kier molecular flexibility index (Phi) is 3.19. The second-order valence-corrected chi connectivity index (χ2v) is 2.55. The fraction of sp³-hybridized carbons (Fsp3) is 0.833. The molecule has 0 aliphatic heterocycles. The highest BCUT2D eigenvalue weighted by molar-refractivity contribution is 5.62. The van der Waals surface area contributed by atoms with E-state index in [0.29, 0.717) is 0 Å². The van der Waals surface area contributed by atoms with E-state index in [4.69, 9.17) is 0 Å². The number of hydrogen-bond donors (Lipinski definition) is 0. The lowest BCUT2D eigenvalue weighted by Crippen LogP contribution is -2.58. The summed E-state index contributed by atoms with van der Waals surface area (Å²) in [6, 6.07) is 0. The minimum absolute atomic E-state index is 0.00517. The van der Waals surface area contributed by atoms with Crippen LogP contribution in [0.4, 0.5) is 30.7 Å². The van der Waals surface area contributed by atoms with E-state index in [1.807, 2.05) is 0 Å². The molecule has 0 radical (unpaired) electrons. The maximum Gasteiger partial charge on any atom is 0.382 e. The highest BCUT2D eigenvalue weighted by Crippen LogP contribution is 2.46. The molecule has 0 N–H and O–H groups in total. The summed E-state index contributed by atoms with van der Waals surface area (Å²) in [5.41, 5.74) is 0. The van der Waals surface area contributed by atoms with Crippen LogP contribution in [0.5, 0.6) is 0 Å². The van der Waals surface area contributed by atoms with Gasteiger partial charge in [-0.3, -0.25) is 4.79 Å². The molecule has 0 rings (SSSR count). The van der Waals surface area contributed by atoms with Crippen molar-refractivity contribution in [3.8, 4) is 0 Å². The normalized spacial score (nSPS) is 16.6. The third-order valence-corrected chi connectivity index (χ3v) is 1.48. The highest BCUT2D eigenvalue weighted by Gasteiger charge is 2.73. The van der Waals surface area contributed by atoms with E-state index in [1.54, 1.807) is 0 Å². The summed E-state index contributed by atoms with van der Waals surface area (Å²) >= 11 is 0. The highest BCUT2D eigenvalue weighted by atomic mass is 19.3. The fourth-order valence-corrected chi connectivity index (χ4v) is 0.546. The SMILES string of the molecule is CC(F)C(F)(F)C(F)(F)C(F)(F)C=O. The molecule has 14 heavy (non-hydrogen) atoms. The van der Waals surface area contributed by atoms with Gasteiger partial charge in [-0.15, -0.1) is 0 Å². The van der Waals surface area contributed by atoms with Crippen LogP contribution in [-0.4, -0.2) is 30.2 Å². The van der Waals surface area contributed by atoms with Crippen LogP contribution in [0.3, 0.4) is 0 Å². The van der Waals surface area contributed by atoms with Gasteiger partial charge < -0.3 is 0 Å². The van der Waals surface area contributed by atoms with Gasteiger partial charge in [-0.1, -0.05) is 0 Å². The van der Waals surface area contributed by atoms with Crippen molar-refractivity contribution in [2.24, 2.45) is 0 Å². The molecule has 0 aromatic rings. The van der Waals surface area contributed by atoms with Crippen molar-refractivity contribution < 1.29 is 35.5 Å². The zero-order chi connectivity index (χ0) is 11.8. The number of halogens is 7. The average molecular weight is 226 g/mol. The van der Waals surface area contributed by atoms with Gasteiger partial charge in [0, 0.05) is 0 Å². The molecule has 84 valence electrons. The molecule has 0 bridgehead atoms. The van der Waals surface area contributed by atoms with Crippen LogP contribution in [0.25, 0.3) is 0 Å². The molecular weight excluding hydrogens is 221 g/mol. The van der Waals surface area contributed by atoms with Crippen molar-refractivity contribution in [1.82, 2.24) is 0 Å². The van der Waals surface area contributed by atoms with Gasteiger partial charge in [-0.2, -0.15) is 26.3 Å². The number of aldehydes is 1. The maximum atomic E-state index is 12.3. The van der Waals surface area contributed by atoms with Crippen molar-refractivity contribution in [1.29, 1.82) is 0 Å². The van der Waals surface area contributed by atoms with Gasteiger partial charge in [0.05, 0.1) is 0 Å². The van der Waals surface area contributed by atoms with Crippen molar-refractivity contribution in [2.75, 3.05) is 0 Å². The van der Waals surface area contributed by atoms with Crippen LogP contribution in [0, 0.1) is 0 Å². The van der Waals surface area contributed by atoms with E-state index in [0.717, 1.165) is 0 Å². The predicted molar refractivity (Wildman–Crippen MR) is 31.5 cm³/mol. The van der Waals surface area contributed by atoms with E-state index >= 15 is 0 Å². The first kappa shape index (κ1) is 13.2. The van der Waals surface area contributed by atoms with Gasteiger partial charge in [0.2, 0.25) is 0 Å². The Morgan fingerprint density at radius 3 is 1.64 bits per heavy atom. The standard InChI is InChI=1S/C6H5F7O/c1-3(7)5(10,11)6(12,13)4(8,9)2-14/h2-3H,1H3. The summed E-state index contributed by atoms with van der Waals surface area (Å²) < 4.78 is 85.0. The molecule has 1 atom stereocenters. The number of carbonyl (C=O) groups is 1. The van der Waals surface area contributed by atoms with E-state index in [-0.39, 0.29) is 6.92 Å². The van der Waals surface area contributed by atoms with Gasteiger partial charge in [0.25, 0.3) is 0 Å². The van der Waals surface area contributed by atoms with E-state index in [9.17, 15) is 35.5 Å². The van der Waals surface area contributed by atoms with Gasteiger partial charge >= 0.3 is 17.8 Å². The number of carbonyl (C=O) groups excluding carboxylic acids is 1. The van der Waals surface area contributed by atoms with Crippen LogP contribution in [-0.2, 0) is 4.79 Å². The molecule has 0 saturated heterocycles. The summed E-state index contributed by atoms with van der Waals surface area (Å²) in [5, 5.41) is 0. The Bertz CT molecular complexity index is 222. The summed E-state index contributed by atoms with van der Waals surface area (Å²) in [4.78, 5) is 9.46. The Balaban J connectivity index is 5.24. The molecule has 0 aliphatic rings. The third-order valence-electron chi connectivity index (χ3n) is 1.48. The topological polar surface area (TPSA) is 17.1 Å². The van der Waals surface area contributed by atoms with Gasteiger partial charge in [-0.05, 0) is 6.92 Å². The summed E-state index contributed by atoms with van der Waals surface area (Å²) in [6.45, 7) is -0.00517. The molecule has 1 nitrogen and oxygen atoms in total. The Morgan fingerprint density at radius 1 is 1.07 bits per heavy atom. The van der Waals surface area contributed by atoms with Crippen LogP contribution < -0.4 is 0 Å². The summed E-state index contributed by atoms with van der Waals surface area (Å²) in [7, 11) is 0. The average Bonchev–Trinajstić information content (AvgIpc) is 2.03. The lowest BCUT2D eigenvalue weighted by atomic mass is 10.0. The van der Waals surface area contributed by atoms with Crippen molar-refractivity contribution in [2.45, 2.75) is 30.9 Å². The quantitative estimate of drug-likeness (QED) is 0.531. The van der Waals surface area contributed by atoms with Crippen molar-refractivity contribution in [3.63, 3.8) is 0 Å². The maximum absolute atomic E-state index is 12.3. The first-order valence-electron chi connectivity index (χ1n) is 3.24. The lowest BCUT2D eigenvalue weighted by molar-refractivity contribution is -0.307. The zero-order valence-corrected chi connectivity index (χ0v) is 6.71. The Labute approximate surface area is 73.9 Å². The minimum atomic E-state index is -6.05. The third kappa shape index (κ3) is 1.69. The lowest BCUT2D eigenvalue weighted by Gasteiger charge is -2.30. The van der Waals surface area contributed by atoms with Crippen LogP contribution in [0.2, 0.25) is 0 Å². The summed E-state index contributed by atoms with van der Waals surface area (Å²) in [5.74, 6) is -17.2. The molecule has 0 saturated carbocycles. The molecule has 0 aromatic carbocycles. The predicted octanol–water partition coefficient (Wildman–Crippen LogP) is 2.45. The molecule has 0 amide bonds. The van der Waals surface area contributed by atoms with E-state index in [2.05, 4.69) is 0 Å². The first-order valence-corrected chi connectivity index (χ1v) is 3.24. The Morgan fingerprint density at radius 2 is 1.43 bits per heavy atom. The Hall–Kier alpha value is -0.820. The number of rotatable bonds is 4. The minimum Gasteiger partial charge on any atom is -0.296 e. The first-order chi connectivity index (χ1) is 6.00. The van der Waals surface area contributed by atoms with E-state index in [1.165, 1.54) is 0 Å². The van der Waals surface area contributed by atoms with Gasteiger partial charge in [0.1, 0.15) is 0 Å². The number of alkyl halides is 7. The molecular formula is C6H5F7O. The van der Waals surface area contributed by atoms with Crippen molar-refractivity contribution >= 4 is 6.29 Å². The van der Waals surface area contributed by atoms with Crippen LogP contribution in [0.15, 0.2) is 0 Å². The van der Waals surface area contributed by atoms with Crippen LogP contribution in [0.1, 0.15) is 6.92 Å². The van der Waals surface area contributed by atoms with Gasteiger partial charge in [0.15, 0.2) is 12.5 Å². The fourth-order valence-electron chi connectivity index (χ4n) is 0.546. The second kappa shape index (κ2) is 3.39. The van der Waals surface area contributed by atoms with Gasteiger partial charge in [-0.25, -0.2) is 4.39 Å². The second-order valence-electron chi connectivity index (χ2n) is 2.55.